The fourth-order valence-corrected chi connectivity index (χ4v) is 3.96. The van der Waals surface area contributed by atoms with Gasteiger partial charge in [-0.15, -0.1) is 11.3 Å². The molecule has 8 heteroatoms. The number of carboxylic acids is 1. The summed E-state index contributed by atoms with van der Waals surface area (Å²) in [5, 5.41) is 15.0. The fraction of sp³-hybridized carbons (Fsp3) is 0.250. The zero-order valence-corrected chi connectivity index (χ0v) is 13.7. The van der Waals surface area contributed by atoms with Gasteiger partial charge in [0.2, 0.25) is 0 Å². The fourth-order valence-electron chi connectivity index (χ4n) is 2.64. The van der Waals surface area contributed by atoms with Crippen LogP contribution in [0.3, 0.4) is 0 Å². The number of carboxylic acid groups (broad SMARTS) is 1. The number of benzene rings is 1. The van der Waals surface area contributed by atoms with E-state index < -0.39 is 17.8 Å². The third-order valence-corrected chi connectivity index (χ3v) is 4.92. The van der Waals surface area contributed by atoms with Crippen molar-refractivity contribution >= 4 is 34.0 Å². The van der Waals surface area contributed by atoms with E-state index in [4.69, 9.17) is 0 Å². The lowest BCUT2D eigenvalue weighted by molar-refractivity contribution is 0.0696. The molecular weight excluding hydrogens is 333 g/mol. The van der Waals surface area contributed by atoms with E-state index in [1.54, 1.807) is 0 Å². The van der Waals surface area contributed by atoms with Crippen LogP contribution in [-0.4, -0.2) is 35.6 Å². The van der Waals surface area contributed by atoms with E-state index in [2.05, 4.69) is 15.5 Å². The topological polar surface area (TPSA) is 81.7 Å². The van der Waals surface area contributed by atoms with E-state index in [1.807, 2.05) is 7.05 Å². The monoisotopic (exact) mass is 349 g/mol. The highest BCUT2D eigenvalue weighted by Gasteiger charge is 2.27. The quantitative estimate of drug-likeness (QED) is 0.795. The minimum absolute atomic E-state index is 0.164. The second-order valence-electron chi connectivity index (χ2n) is 5.59. The van der Waals surface area contributed by atoms with Gasteiger partial charge in [-0.2, -0.15) is 0 Å². The molecule has 3 rings (SSSR count). The molecule has 0 radical (unpaired) electrons. The number of carbonyl (C=O) groups excluding carboxylic acids is 1. The molecule has 1 aromatic heterocycles. The summed E-state index contributed by atoms with van der Waals surface area (Å²) in [6, 6.07) is 4.77. The summed E-state index contributed by atoms with van der Waals surface area (Å²) in [6.07, 6.45) is 0.644. The van der Waals surface area contributed by atoms with Crippen LogP contribution in [0.15, 0.2) is 24.3 Å². The minimum atomic E-state index is -1.05. The van der Waals surface area contributed by atoms with Gasteiger partial charge in [0.15, 0.2) is 0 Å². The maximum absolute atomic E-state index is 12.9. The van der Waals surface area contributed by atoms with E-state index in [0.717, 1.165) is 17.0 Å². The maximum atomic E-state index is 12.9. The Labute approximate surface area is 141 Å². The van der Waals surface area contributed by atoms with Crippen molar-refractivity contribution in [2.75, 3.05) is 24.2 Å². The third-order valence-electron chi connectivity index (χ3n) is 3.79. The Morgan fingerprint density at radius 2 is 1.96 bits per heavy atom. The molecule has 126 valence electrons. The zero-order valence-electron chi connectivity index (χ0n) is 12.9. The number of halogens is 1. The van der Waals surface area contributed by atoms with E-state index in [1.165, 1.54) is 35.6 Å². The molecule has 6 nitrogen and oxygen atoms in total. The molecule has 0 bridgehead atoms. The highest BCUT2D eigenvalue weighted by molar-refractivity contribution is 7.17. The molecule has 0 atom stereocenters. The van der Waals surface area contributed by atoms with E-state index in [0.29, 0.717) is 23.7 Å². The number of aromatic carboxylic acids is 1. The summed E-state index contributed by atoms with van der Waals surface area (Å²) in [5.41, 5.74) is 1.38. The number of hydrogen-bond donors (Lipinski definition) is 3. The Morgan fingerprint density at radius 1 is 1.25 bits per heavy atom. The number of rotatable bonds is 3. The van der Waals surface area contributed by atoms with Gasteiger partial charge in [-0.1, -0.05) is 0 Å². The zero-order chi connectivity index (χ0) is 17.3. The van der Waals surface area contributed by atoms with Gasteiger partial charge in [0.05, 0.1) is 5.56 Å². The van der Waals surface area contributed by atoms with E-state index >= 15 is 0 Å². The molecule has 3 N–H and O–H groups in total. The Hall–Kier alpha value is -2.45. The van der Waals surface area contributed by atoms with Crippen LogP contribution in [0.5, 0.6) is 0 Å². The molecule has 1 aliphatic heterocycles. The molecule has 1 aliphatic rings. The van der Waals surface area contributed by atoms with Crippen molar-refractivity contribution in [3.63, 3.8) is 0 Å². The predicted octanol–water partition coefficient (Wildman–Crippen LogP) is 3.22. The van der Waals surface area contributed by atoms with Crippen LogP contribution < -0.4 is 10.6 Å². The standard InChI is InChI=1S/C16H16FN3O3S/c1-20-7-6-11-12(8-20)24-14(13(11)15(21)22)19-16(23)18-10-4-2-9(17)3-5-10/h2-5H,6-8H2,1H3,(H,21,22)(H2,18,19,23). The van der Waals surface area contributed by atoms with Crippen molar-refractivity contribution in [1.29, 1.82) is 0 Å². The molecule has 0 fully saturated rings. The van der Waals surface area contributed by atoms with Gasteiger partial charge in [-0.05, 0) is 43.3 Å². The number of urea groups is 1. The molecule has 0 unspecified atom stereocenters. The predicted molar refractivity (Wildman–Crippen MR) is 90.4 cm³/mol. The Balaban J connectivity index is 1.80. The number of nitrogens with zero attached hydrogens (tertiary/aromatic N) is 1. The average molecular weight is 349 g/mol. The molecule has 0 saturated carbocycles. The molecule has 24 heavy (non-hydrogen) atoms. The van der Waals surface area contributed by atoms with Crippen LogP contribution >= 0.6 is 11.3 Å². The van der Waals surface area contributed by atoms with E-state index in [9.17, 15) is 19.1 Å². The summed E-state index contributed by atoms with van der Waals surface area (Å²) in [5.74, 6) is -1.45. The molecule has 0 aliphatic carbocycles. The maximum Gasteiger partial charge on any atom is 0.339 e. The van der Waals surface area contributed by atoms with Gasteiger partial charge < -0.3 is 15.3 Å². The second kappa shape index (κ2) is 6.58. The number of likely N-dealkylation sites (N-methyl/N-ethyl adjacent to an activating group) is 1. The molecule has 2 heterocycles. The number of fused-ring (bicyclic) bond motifs is 1. The molecular formula is C16H16FN3O3S. The lowest BCUT2D eigenvalue weighted by Crippen LogP contribution is -2.26. The lowest BCUT2D eigenvalue weighted by atomic mass is 10.0. The highest BCUT2D eigenvalue weighted by Crippen LogP contribution is 2.36. The Morgan fingerprint density at radius 3 is 2.62 bits per heavy atom. The normalized spacial score (nSPS) is 14.1. The van der Waals surface area contributed by atoms with Crippen molar-refractivity contribution in [3.05, 3.63) is 46.1 Å². The van der Waals surface area contributed by atoms with Crippen molar-refractivity contribution in [1.82, 2.24) is 4.90 Å². The first-order valence-corrected chi connectivity index (χ1v) is 8.15. The number of hydrogen-bond acceptors (Lipinski definition) is 4. The summed E-state index contributed by atoms with van der Waals surface area (Å²) >= 11 is 1.28. The Kier molecular flexibility index (Phi) is 4.50. The highest BCUT2D eigenvalue weighted by atomic mass is 32.1. The van der Waals surface area contributed by atoms with Crippen molar-refractivity contribution < 1.29 is 19.1 Å². The Bertz CT molecular complexity index is 789. The van der Waals surface area contributed by atoms with Crippen LogP contribution in [0.4, 0.5) is 19.9 Å². The number of amides is 2. The number of nitrogens with one attached hydrogen (secondary N) is 2. The van der Waals surface area contributed by atoms with Gasteiger partial charge in [-0.25, -0.2) is 14.0 Å². The summed E-state index contributed by atoms with van der Waals surface area (Å²) in [6.45, 7) is 1.45. The van der Waals surface area contributed by atoms with Gasteiger partial charge >= 0.3 is 12.0 Å². The smallest absolute Gasteiger partial charge is 0.339 e. The average Bonchev–Trinajstić information content (AvgIpc) is 2.86. The van der Waals surface area contributed by atoms with Crippen molar-refractivity contribution in [2.45, 2.75) is 13.0 Å². The third kappa shape index (κ3) is 3.39. The first-order chi connectivity index (χ1) is 11.4. The summed E-state index contributed by atoms with van der Waals surface area (Å²) in [7, 11) is 1.97. The SMILES string of the molecule is CN1CCc2c(sc(NC(=O)Nc3ccc(F)cc3)c2C(=O)O)C1. The lowest BCUT2D eigenvalue weighted by Gasteiger charge is -2.22. The van der Waals surface area contributed by atoms with Gasteiger partial charge in [0.1, 0.15) is 10.8 Å². The van der Waals surface area contributed by atoms with Crippen LogP contribution in [0.25, 0.3) is 0 Å². The second-order valence-corrected chi connectivity index (χ2v) is 6.69. The van der Waals surface area contributed by atoms with Gasteiger partial charge in [0.25, 0.3) is 0 Å². The molecule has 0 spiro atoms. The number of carbonyl (C=O) groups is 2. The van der Waals surface area contributed by atoms with Gasteiger partial charge in [0, 0.05) is 23.7 Å². The van der Waals surface area contributed by atoms with Crippen molar-refractivity contribution in [2.24, 2.45) is 0 Å². The van der Waals surface area contributed by atoms with Crippen LogP contribution in [0, 0.1) is 5.82 Å². The number of anilines is 2. The molecule has 2 aromatic rings. The first kappa shape index (κ1) is 16.4. The van der Waals surface area contributed by atoms with Crippen LogP contribution in [-0.2, 0) is 13.0 Å². The molecule has 0 saturated heterocycles. The van der Waals surface area contributed by atoms with Gasteiger partial charge in [-0.3, -0.25) is 5.32 Å². The van der Waals surface area contributed by atoms with E-state index in [-0.39, 0.29) is 5.56 Å². The minimum Gasteiger partial charge on any atom is -0.478 e. The summed E-state index contributed by atoms with van der Waals surface area (Å²) in [4.78, 5) is 26.8. The molecule has 2 amide bonds. The largest absolute Gasteiger partial charge is 0.478 e. The van der Waals surface area contributed by atoms with Crippen LogP contribution in [0.1, 0.15) is 20.8 Å². The van der Waals surface area contributed by atoms with Crippen LogP contribution in [0.2, 0.25) is 0 Å². The first-order valence-electron chi connectivity index (χ1n) is 7.34. The number of thiophene rings is 1. The molecule has 1 aromatic carbocycles. The van der Waals surface area contributed by atoms with Crippen molar-refractivity contribution in [3.8, 4) is 0 Å². The summed E-state index contributed by atoms with van der Waals surface area (Å²) < 4.78 is 12.9.